The third-order valence-electron chi connectivity index (χ3n) is 6.35. The van der Waals surface area contributed by atoms with Crippen LogP contribution < -0.4 is 20.7 Å². The summed E-state index contributed by atoms with van der Waals surface area (Å²) in [7, 11) is 1.38. The molecule has 0 aromatic heterocycles. The summed E-state index contributed by atoms with van der Waals surface area (Å²) in [5, 5.41) is 8.02. The molecular formula is C26H22F2N4O5. The maximum Gasteiger partial charge on any atom is 0.240 e. The maximum absolute atomic E-state index is 14.9. The highest BCUT2D eigenvalue weighted by atomic mass is 19.1. The van der Waals surface area contributed by atoms with Crippen molar-refractivity contribution in [1.29, 1.82) is 0 Å². The zero-order valence-electron chi connectivity index (χ0n) is 19.6. The van der Waals surface area contributed by atoms with Gasteiger partial charge in [-0.1, -0.05) is 0 Å². The molecule has 190 valence electrons. The summed E-state index contributed by atoms with van der Waals surface area (Å²) in [4.78, 5) is 41.9. The number of rotatable bonds is 7. The van der Waals surface area contributed by atoms with Gasteiger partial charge in [-0.3, -0.25) is 19.4 Å². The molecule has 11 heteroatoms. The van der Waals surface area contributed by atoms with Crippen LogP contribution in [0.1, 0.15) is 19.3 Å². The van der Waals surface area contributed by atoms with Gasteiger partial charge in [0.2, 0.25) is 17.7 Å². The summed E-state index contributed by atoms with van der Waals surface area (Å²) in [6.45, 7) is 0. The predicted octanol–water partition coefficient (Wildman–Crippen LogP) is 3.42. The first-order chi connectivity index (χ1) is 17.8. The van der Waals surface area contributed by atoms with Crippen molar-refractivity contribution in [2.75, 3.05) is 17.7 Å². The average Bonchev–Trinajstić information content (AvgIpc) is 3.69. The van der Waals surface area contributed by atoms with Gasteiger partial charge in [-0.25, -0.2) is 8.78 Å². The van der Waals surface area contributed by atoms with Gasteiger partial charge >= 0.3 is 0 Å². The van der Waals surface area contributed by atoms with Crippen LogP contribution in [0.3, 0.4) is 0 Å². The van der Waals surface area contributed by atoms with E-state index in [1.807, 2.05) is 0 Å². The van der Waals surface area contributed by atoms with Crippen molar-refractivity contribution in [2.45, 2.75) is 25.3 Å². The molecule has 2 amide bonds. The van der Waals surface area contributed by atoms with Crippen molar-refractivity contribution in [2.24, 2.45) is 10.4 Å². The number of ketones is 1. The van der Waals surface area contributed by atoms with E-state index in [-0.39, 0.29) is 35.3 Å². The number of benzene rings is 2. The molecule has 1 heterocycles. The Morgan fingerprint density at radius 2 is 1.73 bits per heavy atom. The Labute approximate surface area is 210 Å². The number of hydrogen-bond acceptors (Lipinski definition) is 7. The first kappa shape index (κ1) is 24.2. The molecule has 0 bridgehead atoms. The standard InChI is InChI=1S/C26H22F2N4O5/c1-36-22-11-17-19(12-20(22)33)29-13-30-23(17)37-21-7-6-16(10-18(21)28)32-25(35)26(8-9-26)24(34)31-15-4-2-14(27)3-5-15/h2-7,10-11,13,19H,8-9,12H2,1H3,(H,29,30)(H,31,34)(H,32,35). The van der Waals surface area contributed by atoms with Gasteiger partial charge in [0.05, 0.1) is 19.5 Å². The first-order valence-corrected chi connectivity index (χ1v) is 11.5. The number of allylic oxidation sites excluding steroid dienone is 1. The van der Waals surface area contributed by atoms with Gasteiger partial charge < -0.3 is 25.4 Å². The molecule has 3 N–H and O–H groups in total. The van der Waals surface area contributed by atoms with Crippen LogP contribution in [0, 0.1) is 17.0 Å². The molecule has 1 aliphatic heterocycles. The second-order valence-corrected chi connectivity index (χ2v) is 8.81. The number of amides is 2. The lowest BCUT2D eigenvalue weighted by Crippen LogP contribution is -2.35. The molecule has 0 spiro atoms. The molecule has 2 aromatic rings. The molecular weight excluding hydrogens is 486 g/mol. The SMILES string of the molecule is COC1=CC2=C(Oc3ccc(NC(=O)C4(C(=O)Nc5ccc(F)cc5)CC4)cc3F)NC=NC2CC1=O. The fourth-order valence-corrected chi connectivity index (χ4v) is 4.07. The number of aliphatic imine (C=N–C) groups is 1. The quantitative estimate of drug-likeness (QED) is 0.494. The van der Waals surface area contributed by atoms with Crippen LogP contribution in [0.5, 0.6) is 5.75 Å². The molecule has 0 radical (unpaired) electrons. The average molecular weight is 508 g/mol. The third kappa shape index (κ3) is 4.80. The Bertz CT molecular complexity index is 1380. The molecule has 3 aliphatic rings. The van der Waals surface area contributed by atoms with Crippen LogP contribution in [0.4, 0.5) is 20.2 Å². The number of halogens is 2. The van der Waals surface area contributed by atoms with Gasteiger partial charge in [0, 0.05) is 29.4 Å². The van der Waals surface area contributed by atoms with E-state index in [0.717, 1.165) is 6.07 Å². The van der Waals surface area contributed by atoms with E-state index in [2.05, 4.69) is 20.9 Å². The van der Waals surface area contributed by atoms with E-state index >= 15 is 0 Å². The molecule has 37 heavy (non-hydrogen) atoms. The van der Waals surface area contributed by atoms with Crippen molar-refractivity contribution in [3.63, 3.8) is 0 Å². The number of fused-ring (bicyclic) bond motifs is 1. The molecule has 2 aliphatic carbocycles. The number of anilines is 2. The Morgan fingerprint density at radius 1 is 1.05 bits per heavy atom. The summed E-state index contributed by atoms with van der Waals surface area (Å²) >= 11 is 0. The minimum atomic E-state index is -1.28. The monoisotopic (exact) mass is 508 g/mol. The molecule has 1 atom stereocenters. The number of nitrogens with zero attached hydrogens (tertiary/aromatic N) is 1. The van der Waals surface area contributed by atoms with Crippen molar-refractivity contribution >= 4 is 35.3 Å². The minimum absolute atomic E-state index is 0.101. The van der Waals surface area contributed by atoms with Gasteiger partial charge in [-0.05, 0) is 55.3 Å². The van der Waals surface area contributed by atoms with Crippen LogP contribution in [0.25, 0.3) is 0 Å². The van der Waals surface area contributed by atoms with Gasteiger partial charge in [-0.15, -0.1) is 0 Å². The Kier molecular flexibility index (Phi) is 6.20. The zero-order chi connectivity index (χ0) is 26.2. The summed E-state index contributed by atoms with van der Waals surface area (Å²) in [5.74, 6) is -2.24. The van der Waals surface area contributed by atoms with E-state index in [4.69, 9.17) is 9.47 Å². The summed E-state index contributed by atoms with van der Waals surface area (Å²) < 4.78 is 38.8. The Hall–Kier alpha value is -4.54. The van der Waals surface area contributed by atoms with Gasteiger partial charge in [0.15, 0.2) is 23.1 Å². The molecule has 5 rings (SSSR count). The van der Waals surface area contributed by atoms with E-state index in [1.165, 1.54) is 55.9 Å². The summed E-state index contributed by atoms with van der Waals surface area (Å²) in [6.07, 6.45) is 3.65. The summed E-state index contributed by atoms with van der Waals surface area (Å²) in [6, 6.07) is 8.61. The van der Waals surface area contributed by atoms with E-state index in [0.29, 0.717) is 24.1 Å². The number of Topliss-reactive ketones (excluding diaryl/α,β-unsaturated/α-hetero) is 1. The number of nitrogens with one attached hydrogen (secondary N) is 3. The van der Waals surface area contributed by atoms with Crippen LogP contribution >= 0.6 is 0 Å². The highest BCUT2D eigenvalue weighted by molar-refractivity contribution is 6.16. The normalized spacial score (nSPS) is 19.3. The highest BCUT2D eigenvalue weighted by Gasteiger charge is 2.56. The smallest absolute Gasteiger partial charge is 0.240 e. The fraction of sp³-hybridized carbons (Fsp3) is 0.231. The lowest BCUT2D eigenvalue weighted by Gasteiger charge is -2.26. The molecule has 0 saturated heterocycles. The lowest BCUT2D eigenvalue weighted by atomic mass is 9.94. The van der Waals surface area contributed by atoms with Crippen LogP contribution in [0.2, 0.25) is 0 Å². The summed E-state index contributed by atoms with van der Waals surface area (Å²) in [5.41, 5.74) is -0.226. The topological polar surface area (TPSA) is 118 Å². The van der Waals surface area contributed by atoms with Gasteiger partial charge in [-0.2, -0.15) is 0 Å². The highest BCUT2D eigenvalue weighted by Crippen LogP contribution is 2.47. The number of methoxy groups -OCH3 is 1. The van der Waals surface area contributed by atoms with Crippen molar-refractivity contribution in [3.8, 4) is 5.75 Å². The second-order valence-electron chi connectivity index (χ2n) is 8.81. The van der Waals surface area contributed by atoms with Crippen LogP contribution in [-0.2, 0) is 19.1 Å². The van der Waals surface area contributed by atoms with Crippen molar-refractivity contribution in [3.05, 3.63) is 77.4 Å². The number of ether oxygens (including phenoxy) is 2. The minimum Gasteiger partial charge on any atom is -0.493 e. The molecule has 1 unspecified atom stereocenters. The number of hydrogen-bond donors (Lipinski definition) is 3. The fourth-order valence-electron chi connectivity index (χ4n) is 4.07. The predicted molar refractivity (Wildman–Crippen MR) is 130 cm³/mol. The van der Waals surface area contributed by atoms with Gasteiger partial charge in [0.1, 0.15) is 11.2 Å². The van der Waals surface area contributed by atoms with Crippen LogP contribution in [0.15, 0.2) is 70.7 Å². The largest absolute Gasteiger partial charge is 0.493 e. The lowest BCUT2D eigenvalue weighted by molar-refractivity contribution is -0.131. The zero-order valence-corrected chi connectivity index (χ0v) is 19.6. The molecule has 1 saturated carbocycles. The van der Waals surface area contributed by atoms with Crippen molar-refractivity contribution < 1.29 is 32.6 Å². The number of carbonyl (C=O) groups is 3. The molecule has 2 aromatic carbocycles. The molecule has 9 nitrogen and oxygen atoms in total. The van der Waals surface area contributed by atoms with E-state index < -0.39 is 34.9 Å². The first-order valence-electron chi connectivity index (χ1n) is 11.5. The molecule has 1 fully saturated rings. The van der Waals surface area contributed by atoms with Gasteiger partial charge in [0.25, 0.3) is 0 Å². The van der Waals surface area contributed by atoms with Crippen LogP contribution in [-0.4, -0.2) is 37.1 Å². The maximum atomic E-state index is 14.9. The Balaban J connectivity index is 1.28. The number of carbonyl (C=O) groups excluding carboxylic acids is 3. The van der Waals surface area contributed by atoms with Crippen molar-refractivity contribution in [1.82, 2.24) is 5.32 Å². The third-order valence-corrected chi connectivity index (χ3v) is 6.35. The second kappa shape index (κ2) is 9.49. The van der Waals surface area contributed by atoms with E-state index in [1.54, 1.807) is 0 Å². The Morgan fingerprint density at radius 3 is 2.38 bits per heavy atom. The van der Waals surface area contributed by atoms with E-state index in [9.17, 15) is 23.2 Å².